The molecular formula is C11H15F3N2O4. The summed E-state index contributed by atoms with van der Waals surface area (Å²) < 4.78 is 36.7. The summed E-state index contributed by atoms with van der Waals surface area (Å²) in [6, 6.07) is -1.31. The summed E-state index contributed by atoms with van der Waals surface area (Å²) in [7, 11) is 1.37. The number of carbonyl (C=O) groups excluding carboxylic acids is 2. The van der Waals surface area contributed by atoms with Crippen LogP contribution in [0, 0.1) is 5.92 Å². The number of likely N-dealkylation sites (tertiary alicyclic amines) is 1. The Labute approximate surface area is 112 Å². The lowest BCUT2D eigenvalue weighted by Gasteiger charge is -2.36. The van der Waals surface area contributed by atoms with E-state index in [9.17, 15) is 27.6 Å². The van der Waals surface area contributed by atoms with E-state index < -0.39 is 42.3 Å². The van der Waals surface area contributed by atoms with Crippen LogP contribution in [0.15, 0.2) is 0 Å². The number of carboxylic acids is 1. The Morgan fingerprint density at radius 2 is 1.90 bits per heavy atom. The molecule has 0 unspecified atom stereocenters. The van der Waals surface area contributed by atoms with Gasteiger partial charge in [0, 0.05) is 13.6 Å². The van der Waals surface area contributed by atoms with Gasteiger partial charge in [0.05, 0.1) is 5.92 Å². The lowest BCUT2D eigenvalue weighted by Crippen LogP contribution is -2.53. The van der Waals surface area contributed by atoms with E-state index in [4.69, 9.17) is 5.11 Å². The van der Waals surface area contributed by atoms with E-state index in [-0.39, 0.29) is 19.4 Å². The number of piperidine rings is 1. The van der Waals surface area contributed by atoms with Crippen LogP contribution in [-0.4, -0.2) is 53.6 Å². The fraction of sp³-hybridized carbons (Fsp3) is 0.727. The molecule has 114 valence electrons. The average Bonchev–Trinajstić information content (AvgIpc) is 2.34. The number of rotatable bonds is 3. The molecule has 1 rings (SSSR count). The first-order chi connectivity index (χ1) is 9.15. The van der Waals surface area contributed by atoms with Crippen LogP contribution in [0.1, 0.15) is 19.3 Å². The first kappa shape index (κ1) is 16.3. The van der Waals surface area contributed by atoms with Crippen LogP contribution in [0.3, 0.4) is 0 Å². The predicted molar refractivity (Wildman–Crippen MR) is 60.6 cm³/mol. The summed E-state index contributed by atoms with van der Waals surface area (Å²) in [4.78, 5) is 34.7. The van der Waals surface area contributed by atoms with Gasteiger partial charge < -0.3 is 15.3 Å². The molecule has 1 aliphatic rings. The van der Waals surface area contributed by atoms with Crippen molar-refractivity contribution in [3.63, 3.8) is 0 Å². The Hall–Kier alpha value is -1.80. The monoisotopic (exact) mass is 296 g/mol. The summed E-state index contributed by atoms with van der Waals surface area (Å²) in [6.45, 7) is -0.314. The second-order valence-corrected chi connectivity index (χ2v) is 4.58. The summed E-state index contributed by atoms with van der Waals surface area (Å²) in [6.07, 6.45) is -6.26. The van der Waals surface area contributed by atoms with Crippen LogP contribution in [0.25, 0.3) is 0 Å². The third kappa shape index (κ3) is 4.10. The lowest BCUT2D eigenvalue weighted by atomic mass is 9.91. The van der Waals surface area contributed by atoms with Gasteiger partial charge in [-0.05, 0) is 12.8 Å². The second kappa shape index (κ2) is 6.10. The van der Waals surface area contributed by atoms with Gasteiger partial charge in [0.1, 0.15) is 12.5 Å². The predicted octanol–water partition coefficient (Wildman–Crippen LogP) is 0.377. The Kier molecular flexibility index (Phi) is 4.96. The fourth-order valence-electron chi connectivity index (χ4n) is 2.19. The van der Waals surface area contributed by atoms with Crippen molar-refractivity contribution in [1.82, 2.24) is 10.2 Å². The van der Waals surface area contributed by atoms with Crippen LogP contribution >= 0.6 is 0 Å². The van der Waals surface area contributed by atoms with Crippen molar-refractivity contribution in [2.75, 3.05) is 13.6 Å². The number of amides is 2. The molecule has 20 heavy (non-hydrogen) atoms. The topological polar surface area (TPSA) is 86.7 Å². The normalized spacial score (nSPS) is 23.3. The first-order valence-electron chi connectivity index (χ1n) is 5.96. The minimum atomic E-state index is -4.71. The summed E-state index contributed by atoms with van der Waals surface area (Å²) in [5.41, 5.74) is 0. The molecule has 0 saturated carbocycles. The van der Waals surface area contributed by atoms with E-state index in [1.54, 1.807) is 0 Å². The number of nitrogens with one attached hydrogen (secondary N) is 1. The Balaban J connectivity index is 2.86. The highest BCUT2D eigenvalue weighted by atomic mass is 19.4. The molecule has 1 aliphatic heterocycles. The number of carboxylic acid groups (broad SMARTS) is 1. The number of carbonyl (C=O) groups is 3. The molecule has 2 N–H and O–H groups in total. The number of aliphatic carboxylic acids is 1. The second-order valence-electron chi connectivity index (χ2n) is 4.58. The van der Waals surface area contributed by atoms with Crippen molar-refractivity contribution in [2.45, 2.75) is 31.5 Å². The average molecular weight is 296 g/mol. The van der Waals surface area contributed by atoms with Gasteiger partial charge in [0.25, 0.3) is 0 Å². The highest BCUT2D eigenvalue weighted by Gasteiger charge is 2.41. The van der Waals surface area contributed by atoms with Crippen molar-refractivity contribution in [3.8, 4) is 0 Å². The molecule has 0 aliphatic carbocycles. The maximum absolute atomic E-state index is 12.2. The third-order valence-electron chi connectivity index (χ3n) is 3.16. The molecule has 0 spiro atoms. The van der Waals surface area contributed by atoms with Crippen LogP contribution in [0.2, 0.25) is 0 Å². The summed E-state index contributed by atoms with van der Waals surface area (Å²) in [5, 5.41) is 11.3. The number of halogens is 3. The van der Waals surface area contributed by atoms with Gasteiger partial charge in [-0.25, -0.2) is 4.79 Å². The largest absolute Gasteiger partial charge is 0.480 e. The van der Waals surface area contributed by atoms with Gasteiger partial charge in [-0.2, -0.15) is 13.2 Å². The maximum Gasteiger partial charge on any atom is 0.397 e. The molecule has 1 heterocycles. The smallest absolute Gasteiger partial charge is 0.397 e. The van der Waals surface area contributed by atoms with Crippen LogP contribution in [0.4, 0.5) is 13.2 Å². The quantitative estimate of drug-likeness (QED) is 0.788. The molecule has 0 aromatic heterocycles. The maximum atomic E-state index is 12.2. The van der Waals surface area contributed by atoms with Crippen LogP contribution < -0.4 is 5.32 Å². The molecule has 6 nitrogen and oxygen atoms in total. The van der Waals surface area contributed by atoms with E-state index in [0.29, 0.717) is 4.90 Å². The van der Waals surface area contributed by atoms with Crippen molar-refractivity contribution >= 4 is 17.8 Å². The number of hydrogen-bond donors (Lipinski definition) is 2. The van der Waals surface area contributed by atoms with E-state index in [1.807, 2.05) is 0 Å². The standard InChI is InChI=1S/C11H15F3N2O4/c1-15-9(18)6-2-3-7(10(19)20)16(5-6)8(17)4-11(12,13)14/h6-7H,2-5H2,1H3,(H,15,18)(H,19,20)/t6-,7-/m0/s1. The number of nitrogens with zero attached hydrogens (tertiary/aromatic N) is 1. The molecule has 2 atom stereocenters. The van der Waals surface area contributed by atoms with Crippen LogP contribution in [0.5, 0.6) is 0 Å². The molecule has 0 radical (unpaired) electrons. The molecule has 9 heteroatoms. The van der Waals surface area contributed by atoms with Crippen molar-refractivity contribution in [3.05, 3.63) is 0 Å². The third-order valence-corrected chi connectivity index (χ3v) is 3.16. The van der Waals surface area contributed by atoms with Crippen molar-refractivity contribution < 1.29 is 32.7 Å². The van der Waals surface area contributed by atoms with E-state index in [1.165, 1.54) is 7.05 Å². The van der Waals surface area contributed by atoms with E-state index in [0.717, 1.165) is 0 Å². The highest BCUT2D eigenvalue weighted by Crippen LogP contribution is 2.27. The van der Waals surface area contributed by atoms with Gasteiger partial charge in [-0.1, -0.05) is 0 Å². The zero-order valence-corrected chi connectivity index (χ0v) is 10.7. The lowest BCUT2D eigenvalue weighted by molar-refractivity contribution is -0.170. The summed E-state index contributed by atoms with van der Waals surface area (Å²) >= 11 is 0. The van der Waals surface area contributed by atoms with E-state index in [2.05, 4.69) is 5.32 Å². The van der Waals surface area contributed by atoms with Gasteiger partial charge in [0.15, 0.2) is 0 Å². The van der Waals surface area contributed by atoms with Crippen LogP contribution in [-0.2, 0) is 14.4 Å². The highest BCUT2D eigenvalue weighted by molar-refractivity contribution is 5.86. The van der Waals surface area contributed by atoms with Gasteiger partial charge in [0.2, 0.25) is 11.8 Å². The van der Waals surface area contributed by atoms with Gasteiger partial charge >= 0.3 is 12.1 Å². The molecular weight excluding hydrogens is 281 g/mol. The number of alkyl halides is 3. The number of hydrogen-bond acceptors (Lipinski definition) is 3. The molecule has 1 fully saturated rings. The molecule has 0 aromatic carbocycles. The Morgan fingerprint density at radius 1 is 1.30 bits per heavy atom. The SMILES string of the molecule is CNC(=O)[C@H]1CC[C@@H](C(=O)O)N(C(=O)CC(F)(F)F)C1. The first-order valence-corrected chi connectivity index (χ1v) is 5.96. The van der Waals surface area contributed by atoms with Gasteiger partial charge in [-0.15, -0.1) is 0 Å². The zero-order chi connectivity index (χ0) is 15.5. The Bertz CT molecular complexity index is 411. The molecule has 2 amide bonds. The van der Waals surface area contributed by atoms with Crippen molar-refractivity contribution in [2.24, 2.45) is 5.92 Å². The van der Waals surface area contributed by atoms with Crippen molar-refractivity contribution in [1.29, 1.82) is 0 Å². The molecule has 0 aromatic rings. The Morgan fingerprint density at radius 3 is 2.35 bits per heavy atom. The molecule has 1 saturated heterocycles. The summed E-state index contributed by atoms with van der Waals surface area (Å²) in [5.74, 6) is -3.79. The molecule has 0 bridgehead atoms. The van der Waals surface area contributed by atoms with E-state index >= 15 is 0 Å². The van der Waals surface area contributed by atoms with Gasteiger partial charge in [-0.3, -0.25) is 9.59 Å². The minimum Gasteiger partial charge on any atom is -0.480 e. The fourth-order valence-corrected chi connectivity index (χ4v) is 2.19. The zero-order valence-electron chi connectivity index (χ0n) is 10.7. The minimum absolute atomic E-state index is 0.0446.